The minimum Gasteiger partial charge on any atom is -0.496 e. The van der Waals surface area contributed by atoms with Crippen LogP contribution in [0, 0.1) is 36.0 Å². The molecule has 0 spiro atoms. The van der Waals surface area contributed by atoms with Crippen LogP contribution >= 0.6 is 0 Å². The van der Waals surface area contributed by atoms with Gasteiger partial charge in [-0.2, -0.15) is 0 Å². The Labute approximate surface area is 149 Å². The molecular weight excluding hydrogens is 377 g/mol. The van der Waals surface area contributed by atoms with Gasteiger partial charge in [0.25, 0.3) is 5.91 Å². The summed E-state index contributed by atoms with van der Waals surface area (Å²) in [5.41, 5.74) is -0.774. The largest absolute Gasteiger partial charge is 0.496 e. The molecule has 0 heterocycles. The van der Waals surface area contributed by atoms with Crippen LogP contribution in [0.3, 0.4) is 0 Å². The van der Waals surface area contributed by atoms with E-state index in [0.717, 1.165) is 5.56 Å². The number of benzene rings is 2. The first-order chi connectivity index (χ1) is 12.7. The maximum Gasteiger partial charge on any atom is 0.338 e. The van der Waals surface area contributed by atoms with Gasteiger partial charge in [0.2, 0.25) is 5.82 Å². The van der Waals surface area contributed by atoms with E-state index in [9.17, 15) is 31.5 Å². The minimum absolute atomic E-state index is 0.0292. The molecule has 0 aromatic heterocycles. The monoisotopic (exact) mass is 389 g/mol. The van der Waals surface area contributed by atoms with E-state index >= 15 is 0 Å². The van der Waals surface area contributed by atoms with E-state index in [1.807, 2.05) is 0 Å². The zero-order valence-corrected chi connectivity index (χ0v) is 14.0. The van der Waals surface area contributed by atoms with Crippen LogP contribution in [0.1, 0.15) is 15.9 Å². The van der Waals surface area contributed by atoms with Crippen LogP contribution in [-0.4, -0.2) is 25.6 Å². The smallest absolute Gasteiger partial charge is 0.338 e. The highest BCUT2D eigenvalue weighted by atomic mass is 19.2. The van der Waals surface area contributed by atoms with Gasteiger partial charge in [0, 0.05) is 0 Å². The molecule has 0 fully saturated rings. The highest BCUT2D eigenvalue weighted by molar-refractivity contribution is 5.95. The molecule has 0 unspecified atom stereocenters. The van der Waals surface area contributed by atoms with Crippen LogP contribution in [-0.2, 0) is 9.53 Å². The molecule has 144 valence electrons. The first kappa shape index (κ1) is 20.1. The van der Waals surface area contributed by atoms with Crippen molar-refractivity contribution in [2.45, 2.75) is 6.92 Å². The number of esters is 1. The van der Waals surface area contributed by atoms with Crippen molar-refractivity contribution < 1.29 is 41.0 Å². The fourth-order valence-electron chi connectivity index (χ4n) is 2.05. The molecule has 1 amide bonds. The molecule has 1 N–H and O–H groups in total. The highest BCUT2D eigenvalue weighted by Gasteiger charge is 2.27. The van der Waals surface area contributed by atoms with Crippen molar-refractivity contribution in [3.05, 3.63) is 58.4 Å². The van der Waals surface area contributed by atoms with Crippen LogP contribution in [0.25, 0.3) is 0 Å². The second kappa shape index (κ2) is 8.02. The normalized spacial score (nSPS) is 10.5. The predicted molar refractivity (Wildman–Crippen MR) is 82.9 cm³/mol. The number of anilines is 1. The number of hydrogen-bond acceptors (Lipinski definition) is 4. The molecule has 0 saturated carbocycles. The van der Waals surface area contributed by atoms with Crippen LogP contribution in [0.4, 0.5) is 27.6 Å². The topological polar surface area (TPSA) is 64.6 Å². The lowest BCUT2D eigenvalue weighted by molar-refractivity contribution is -0.119. The molecular formula is C17H12F5NO4. The van der Waals surface area contributed by atoms with Crippen molar-refractivity contribution in [3.63, 3.8) is 0 Å². The minimum atomic E-state index is -2.36. The Balaban J connectivity index is 2.08. The van der Waals surface area contributed by atoms with Gasteiger partial charge in [0.15, 0.2) is 29.9 Å². The molecule has 27 heavy (non-hydrogen) atoms. The maximum atomic E-state index is 13.5. The van der Waals surface area contributed by atoms with Gasteiger partial charge in [0.1, 0.15) is 11.4 Å². The second-order valence-electron chi connectivity index (χ2n) is 5.25. The number of rotatable bonds is 5. The average molecular weight is 389 g/mol. The number of carbonyl (C=O) groups excluding carboxylic acids is 2. The first-order valence-electron chi connectivity index (χ1n) is 7.30. The third kappa shape index (κ3) is 4.15. The van der Waals surface area contributed by atoms with Gasteiger partial charge >= 0.3 is 5.97 Å². The summed E-state index contributed by atoms with van der Waals surface area (Å²) in [6.07, 6.45) is 0. The molecule has 0 radical (unpaired) electrons. The number of hydrogen-bond donors (Lipinski definition) is 1. The Kier molecular flexibility index (Phi) is 5.98. The molecule has 5 nitrogen and oxygen atoms in total. The zero-order valence-electron chi connectivity index (χ0n) is 14.0. The number of ether oxygens (including phenoxy) is 2. The number of halogens is 5. The van der Waals surface area contributed by atoms with E-state index < -0.39 is 53.3 Å². The van der Waals surface area contributed by atoms with Crippen LogP contribution in [0.15, 0.2) is 18.2 Å². The Bertz CT molecular complexity index is 888. The van der Waals surface area contributed by atoms with Gasteiger partial charge in [-0.05, 0) is 24.6 Å². The van der Waals surface area contributed by atoms with E-state index in [-0.39, 0.29) is 5.56 Å². The van der Waals surface area contributed by atoms with E-state index in [4.69, 9.17) is 4.74 Å². The van der Waals surface area contributed by atoms with Crippen LogP contribution in [0.5, 0.6) is 5.75 Å². The Morgan fingerprint density at radius 1 is 0.963 bits per heavy atom. The van der Waals surface area contributed by atoms with Gasteiger partial charge in [-0.15, -0.1) is 0 Å². The van der Waals surface area contributed by atoms with E-state index in [1.165, 1.54) is 24.6 Å². The summed E-state index contributed by atoms with van der Waals surface area (Å²) < 4.78 is 75.8. The Morgan fingerprint density at radius 3 is 2.07 bits per heavy atom. The number of amides is 1. The van der Waals surface area contributed by atoms with Crippen molar-refractivity contribution >= 4 is 17.6 Å². The van der Waals surface area contributed by atoms with Gasteiger partial charge < -0.3 is 14.8 Å². The molecule has 0 atom stereocenters. The number of aryl methyl sites for hydroxylation is 1. The Hall–Kier alpha value is -3.17. The van der Waals surface area contributed by atoms with Crippen molar-refractivity contribution in [1.29, 1.82) is 0 Å². The summed E-state index contributed by atoms with van der Waals surface area (Å²) in [6, 6.07) is 4.30. The third-order valence-electron chi connectivity index (χ3n) is 3.45. The molecule has 0 aliphatic carbocycles. The highest BCUT2D eigenvalue weighted by Crippen LogP contribution is 2.27. The van der Waals surface area contributed by atoms with Gasteiger partial charge in [0.05, 0.1) is 12.7 Å². The molecule has 0 aliphatic heterocycles. The van der Waals surface area contributed by atoms with E-state index in [0.29, 0.717) is 5.75 Å². The summed E-state index contributed by atoms with van der Waals surface area (Å²) in [7, 11) is 1.38. The SMILES string of the molecule is COc1cc(C(=O)OCC(=O)Nc2c(F)c(F)c(F)c(F)c2F)ccc1C. The summed E-state index contributed by atoms with van der Waals surface area (Å²) in [5, 5.41) is 1.49. The summed E-state index contributed by atoms with van der Waals surface area (Å²) >= 11 is 0. The predicted octanol–water partition coefficient (Wildman–Crippen LogP) is 3.49. The van der Waals surface area contributed by atoms with Crippen LogP contribution in [0.2, 0.25) is 0 Å². The Morgan fingerprint density at radius 2 is 1.52 bits per heavy atom. The van der Waals surface area contributed by atoms with E-state index in [2.05, 4.69) is 4.74 Å². The quantitative estimate of drug-likeness (QED) is 0.368. The standard InChI is InChI=1S/C17H12F5NO4/c1-7-3-4-8(5-9(7)26-2)17(25)27-6-10(24)23-16-14(21)12(19)11(18)13(20)15(16)22/h3-5H,6H2,1-2H3,(H,23,24). The summed E-state index contributed by atoms with van der Waals surface area (Å²) in [4.78, 5) is 23.5. The van der Waals surface area contributed by atoms with Gasteiger partial charge in [-0.3, -0.25) is 4.79 Å². The van der Waals surface area contributed by atoms with Crippen LogP contribution < -0.4 is 10.1 Å². The maximum absolute atomic E-state index is 13.5. The molecule has 2 rings (SSSR count). The van der Waals surface area contributed by atoms with Gasteiger partial charge in [-0.25, -0.2) is 26.7 Å². The van der Waals surface area contributed by atoms with E-state index in [1.54, 1.807) is 13.0 Å². The lowest BCUT2D eigenvalue weighted by atomic mass is 10.1. The third-order valence-corrected chi connectivity index (χ3v) is 3.45. The molecule has 0 aliphatic rings. The molecule has 2 aromatic rings. The number of nitrogens with one attached hydrogen (secondary N) is 1. The molecule has 0 bridgehead atoms. The van der Waals surface area contributed by atoms with Crippen molar-refractivity contribution in [1.82, 2.24) is 0 Å². The fourth-order valence-corrected chi connectivity index (χ4v) is 2.05. The van der Waals surface area contributed by atoms with Crippen molar-refractivity contribution in [2.24, 2.45) is 0 Å². The number of methoxy groups -OCH3 is 1. The van der Waals surface area contributed by atoms with Gasteiger partial charge in [-0.1, -0.05) is 6.07 Å². The fraction of sp³-hybridized carbons (Fsp3) is 0.176. The summed E-state index contributed by atoms with van der Waals surface area (Å²) in [6.45, 7) is 0.708. The average Bonchev–Trinajstić information content (AvgIpc) is 2.66. The number of carbonyl (C=O) groups is 2. The van der Waals surface area contributed by atoms with Crippen molar-refractivity contribution in [2.75, 3.05) is 19.0 Å². The first-order valence-corrected chi connectivity index (χ1v) is 7.30. The molecule has 0 saturated heterocycles. The second-order valence-corrected chi connectivity index (χ2v) is 5.25. The molecule has 2 aromatic carbocycles. The molecule has 10 heteroatoms. The summed E-state index contributed by atoms with van der Waals surface area (Å²) in [5.74, 6) is -13.1. The lowest BCUT2D eigenvalue weighted by Crippen LogP contribution is -2.23. The van der Waals surface area contributed by atoms with Crippen molar-refractivity contribution in [3.8, 4) is 5.75 Å². The zero-order chi connectivity index (χ0) is 20.3. The lowest BCUT2D eigenvalue weighted by Gasteiger charge is -2.11.